The van der Waals surface area contributed by atoms with Crippen molar-refractivity contribution in [3.8, 4) is 22.8 Å². The predicted molar refractivity (Wildman–Crippen MR) is 113 cm³/mol. The third-order valence-electron chi connectivity index (χ3n) is 4.42. The summed E-state index contributed by atoms with van der Waals surface area (Å²) >= 11 is 0. The van der Waals surface area contributed by atoms with E-state index >= 15 is 0 Å². The molecule has 4 aromatic rings. The molecular weight excluding hydrogens is 346 g/mol. The van der Waals surface area contributed by atoms with Gasteiger partial charge in [0.25, 0.3) is 0 Å². The van der Waals surface area contributed by atoms with Gasteiger partial charge in [0.15, 0.2) is 5.82 Å². The molecule has 0 amide bonds. The smallest absolute Gasteiger partial charge is 0.155 e. The Labute approximate surface area is 165 Å². The average molecular weight is 367 g/mol. The zero-order valence-electron chi connectivity index (χ0n) is 15.7. The van der Waals surface area contributed by atoms with E-state index in [0.717, 1.165) is 35.1 Å². The Morgan fingerprint density at radius 3 is 2.18 bits per heavy atom. The van der Waals surface area contributed by atoms with Crippen LogP contribution in [0.4, 0.5) is 5.82 Å². The summed E-state index contributed by atoms with van der Waals surface area (Å²) in [5, 5.41) is 0. The average Bonchev–Trinajstić information content (AvgIpc) is 2.76. The summed E-state index contributed by atoms with van der Waals surface area (Å²) < 4.78 is 6.13. The minimum Gasteiger partial charge on any atom is -0.457 e. The summed E-state index contributed by atoms with van der Waals surface area (Å²) in [5.74, 6) is 2.36. The first-order valence-corrected chi connectivity index (χ1v) is 9.19. The molecule has 0 bridgehead atoms. The fourth-order valence-electron chi connectivity index (χ4n) is 3.10. The molecule has 3 aromatic carbocycles. The van der Waals surface area contributed by atoms with Crippen LogP contribution < -0.4 is 9.64 Å². The van der Waals surface area contributed by atoms with Gasteiger partial charge in [0, 0.05) is 31.5 Å². The van der Waals surface area contributed by atoms with E-state index in [9.17, 15) is 0 Å². The largest absolute Gasteiger partial charge is 0.457 e. The lowest BCUT2D eigenvalue weighted by Crippen LogP contribution is -2.19. The number of ether oxygens (including phenoxy) is 1. The molecule has 0 aliphatic carbocycles. The maximum Gasteiger partial charge on any atom is 0.155 e. The van der Waals surface area contributed by atoms with Gasteiger partial charge in [-0.15, -0.1) is 0 Å². The lowest BCUT2D eigenvalue weighted by atomic mass is 10.1. The molecule has 0 saturated carbocycles. The third kappa shape index (κ3) is 4.01. The van der Waals surface area contributed by atoms with Crippen LogP contribution in [0.5, 0.6) is 11.5 Å². The van der Waals surface area contributed by atoms with Crippen LogP contribution in [0.1, 0.15) is 5.56 Å². The quantitative estimate of drug-likeness (QED) is 0.446. The van der Waals surface area contributed by atoms with E-state index in [2.05, 4.69) is 27.0 Å². The van der Waals surface area contributed by atoms with Crippen molar-refractivity contribution in [1.29, 1.82) is 0 Å². The topological polar surface area (TPSA) is 38.2 Å². The highest BCUT2D eigenvalue weighted by atomic mass is 16.5. The molecule has 4 heteroatoms. The summed E-state index contributed by atoms with van der Waals surface area (Å²) in [6.45, 7) is 0.744. The van der Waals surface area contributed by atoms with Crippen LogP contribution >= 0.6 is 0 Å². The van der Waals surface area contributed by atoms with E-state index in [4.69, 9.17) is 4.74 Å². The van der Waals surface area contributed by atoms with Crippen LogP contribution in [-0.4, -0.2) is 17.0 Å². The summed E-state index contributed by atoms with van der Waals surface area (Å²) in [6.07, 6.45) is 3.44. The molecule has 4 nitrogen and oxygen atoms in total. The van der Waals surface area contributed by atoms with Crippen molar-refractivity contribution in [3.63, 3.8) is 0 Å². The summed E-state index contributed by atoms with van der Waals surface area (Å²) in [4.78, 5) is 11.3. The Bertz CT molecular complexity index is 1040. The fourth-order valence-corrected chi connectivity index (χ4v) is 3.10. The molecule has 0 N–H and O–H groups in total. The highest BCUT2D eigenvalue weighted by Gasteiger charge is 2.16. The first-order chi connectivity index (χ1) is 13.8. The van der Waals surface area contributed by atoms with Gasteiger partial charge in [0.1, 0.15) is 17.2 Å². The number of benzene rings is 3. The maximum absolute atomic E-state index is 6.13. The molecule has 0 aliphatic heterocycles. The molecule has 0 fully saturated rings. The van der Waals surface area contributed by atoms with Gasteiger partial charge in [-0.1, -0.05) is 60.7 Å². The zero-order chi connectivity index (χ0) is 19.2. The molecular formula is C24H21N3O. The first kappa shape index (κ1) is 17.7. The van der Waals surface area contributed by atoms with Crippen molar-refractivity contribution in [3.05, 3.63) is 103 Å². The zero-order valence-corrected chi connectivity index (χ0v) is 15.7. The second-order valence-electron chi connectivity index (χ2n) is 6.48. The molecule has 1 heterocycles. The van der Waals surface area contributed by atoms with Crippen LogP contribution in [0.2, 0.25) is 0 Å². The van der Waals surface area contributed by atoms with Crippen molar-refractivity contribution in [1.82, 2.24) is 9.97 Å². The van der Waals surface area contributed by atoms with Crippen molar-refractivity contribution >= 4 is 5.82 Å². The van der Waals surface area contributed by atoms with Crippen LogP contribution in [0.15, 0.2) is 97.3 Å². The van der Waals surface area contributed by atoms with Crippen LogP contribution in [0, 0.1) is 0 Å². The molecule has 28 heavy (non-hydrogen) atoms. The van der Waals surface area contributed by atoms with Gasteiger partial charge in [-0.05, 0) is 29.8 Å². The monoisotopic (exact) mass is 367 g/mol. The number of anilines is 1. The number of nitrogens with zero attached hydrogens (tertiary/aromatic N) is 3. The molecule has 0 atom stereocenters. The normalized spacial score (nSPS) is 10.5. The Morgan fingerprint density at radius 1 is 0.750 bits per heavy atom. The molecule has 4 rings (SSSR count). The number of aromatic nitrogens is 2. The van der Waals surface area contributed by atoms with Gasteiger partial charge < -0.3 is 9.64 Å². The van der Waals surface area contributed by atoms with Gasteiger partial charge in [0.05, 0.1) is 0 Å². The standard InChI is InChI=1S/C24H21N3O/c1-27(18-19-10-4-2-5-11-19)24-23(25-16-17-26-24)21-14-8-9-15-22(21)28-20-12-6-3-7-13-20/h2-17H,18H2,1H3. The maximum atomic E-state index is 6.13. The summed E-state index contributed by atoms with van der Waals surface area (Å²) in [6, 6.07) is 28.0. The molecule has 0 spiro atoms. The van der Waals surface area contributed by atoms with Gasteiger partial charge in [0.2, 0.25) is 0 Å². The molecule has 138 valence electrons. The van der Waals surface area contributed by atoms with Gasteiger partial charge in [-0.2, -0.15) is 0 Å². The van der Waals surface area contributed by atoms with Gasteiger partial charge in [-0.25, -0.2) is 4.98 Å². The lowest BCUT2D eigenvalue weighted by molar-refractivity contribution is 0.484. The van der Waals surface area contributed by atoms with E-state index in [1.54, 1.807) is 12.4 Å². The molecule has 0 saturated heterocycles. The molecule has 1 aromatic heterocycles. The Kier molecular flexibility index (Phi) is 5.29. The van der Waals surface area contributed by atoms with E-state index in [0.29, 0.717) is 0 Å². The molecule has 0 aliphatic rings. The second-order valence-corrected chi connectivity index (χ2v) is 6.48. The number of hydrogen-bond acceptors (Lipinski definition) is 4. The summed E-state index contributed by atoms with van der Waals surface area (Å²) in [5.41, 5.74) is 2.93. The number of rotatable bonds is 6. The first-order valence-electron chi connectivity index (χ1n) is 9.19. The number of para-hydroxylation sites is 2. The van der Waals surface area contributed by atoms with Gasteiger partial charge in [-0.3, -0.25) is 4.98 Å². The number of hydrogen-bond donors (Lipinski definition) is 0. The second kappa shape index (κ2) is 8.35. The lowest BCUT2D eigenvalue weighted by Gasteiger charge is -2.21. The van der Waals surface area contributed by atoms with E-state index in [1.165, 1.54) is 5.56 Å². The molecule has 0 radical (unpaired) electrons. The van der Waals surface area contributed by atoms with E-state index in [-0.39, 0.29) is 0 Å². The van der Waals surface area contributed by atoms with Crippen molar-refractivity contribution in [2.24, 2.45) is 0 Å². The van der Waals surface area contributed by atoms with Crippen molar-refractivity contribution in [2.75, 3.05) is 11.9 Å². The van der Waals surface area contributed by atoms with Crippen LogP contribution in [0.25, 0.3) is 11.3 Å². The Hall–Kier alpha value is -3.66. The SMILES string of the molecule is CN(Cc1ccccc1)c1nccnc1-c1ccccc1Oc1ccccc1. The van der Waals surface area contributed by atoms with Crippen LogP contribution in [0.3, 0.4) is 0 Å². The Morgan fingerprint density at radius 2 is 1.39 bits per heavy atom. The highest BCUT2D eigenvalue weighted by molar-refractivity contribution is 5.76. The van der Waals surface area contributed by atoms with E-state index in [1.807, 2.05) is 79.8 Å². The highest BCUT2D eigenvalue weighted by Crippen LogP contribution is 2.36. The minimum atomic E-state index is 0.744. The van der Waals surface area contributed by atoms with E-state index < -0.39 is 0 Å². The fraction of sp³-hybridized carbons (Fsp3) is 0.0833. The summed E-state index contributed by atoms with van der Waals surface area (Å²) in [7, 11) is 2.03. The van der Waals surface area contributed by atoms with Crippen molar-refractivity contribution < 1.29 is 4.74 Å². The van der Waals surface area contributed by atoms with Crippen LogP contribution in [-0.2, 0) is 6.54 Å². The Balaban J connectivity index is 1.69. The van der Waals surface area contributed by atoms with Crippen molar-refractivity contribution in [2.45, 2.75) is 6.54 Å². The molecule has 0 unspecified atom stereocenters. The predicted octanol–water partition coefficient (Wildman–Crippen LogP) is 5.57. The third-order valence-corrected chi connectivity index (χ3v) is 4.42. The minimum absolute atomic E-state index is 0.744. The van der Waals surface area contributed by atoms with Gasteiger partial charge >= 0.3 is 0 Å².